The number of carbonyl (C=O) groups excluding carboxylic acids is 1. The van der Waals surface area contributed by atoms with E-state index in [1.165, 1.54) is 18.2 Å². The number of carbonyl (C=O) groups is 2. The first-order chi connectivity index (χ1) is 9.73. The van der Waals surface area contributed by atoms with Crippen LogP contribution in [0, 0.1) is 0 Å². The fourth-order valence-electron chi connectivity index (χ4n) is 1.89. The quantitative estimate of drug-likeness (QED) is 0.780. The highest BCUT2D eigenvalue weighted by Crippen LogP contribution is 2.29. The molecule has 1 unspecified atom stereocenters. The minimum absolute atomic E-state index is 0.0560. The Bertz CT molecular complexity index is 709. The van der Waals surface area contributed by atoms with Gasteiger partial charge < -0.3 is 10.4 Å². The molecular weight excluding hydrogens is 388 g/mol. The third kappa shape index (κ3) is 3.20. The first-order valence-corrected chi connectivity index (χ1v) is 8.31. The van der Waals surface area contributed by atoms with Crippen molar-refractivity contribution in [2.24, 2.45) is 0 Å². The molecule has 21 heavy (non-hydrogen) atoms. The number of aliphatic carboxylic acids is 1. The largest absolute Gasteiger partial charge is 0.480 e. The van der Waals surface area contributed by atoms with E-state index in [0.717, 1.165) is 0 Å². The van der Waals surface area contributed by atoms with Crippen LogP contribution >= 0.6 is 27.5 Å². The van der Waals surface area contributed by atoms with Gasteiger partial charge in [-0.25, -0.2) is 8.42 Å². The first-order valence-electron chi connectivity index (χ1n) is 5.70. The number of amides is 1. The van der Waals surface area contributed by atoms with Crippen LogP contribution in [0.15, 0.2) is 27.6 Å². The molecule has 0 bridgehead atoms. The van der Waals surface area contributed by atoms with Crippen molar-refractivity contribution in [1.82, 2.24) is 9.62 Å². The third-order valence-electron chi connectivity index (χ3n) is 2.91. The third-order valence-corrected chi connectivity index (χ3v) is 5.74. The highest BCUT2D eigenvalue weighted by molar-refractivity contribution is 9.10. The van der Waals surface area contributed by atoms with Gasteiger partial charge in [-0.3, -0.25) is 9.59 Å². The second-order valence-electron chi connectivity index (χ2n) is 4.28. The fourth-order valence-corrected chi connectivity index (χ4v) is 4.44. The summed E-state index contributed by atoms with van der Waals surface area (Å²) in [7, 11) is -4.20. The van der Waals surface area contributed by atoms with Crippen LogP contribution in [0.5, 0.6) is 0 Å². The molecule has 2 N–H and O–H groups in total. The summed E-state index contributed by atoms with van der Waals surface area (Å²) < 4.78 is 26.3. The van der Waals surface area contributed by atoms with E-state index in [1.54, 1.807) is 0 Å². The SMILES string of the molecule is O=C1CN(S(=O)(=O)c2ccc(Br)cc2Cl)C(C(=O)O)CN1. The van der Waals surface area contributed by atoms with Crippen molar-refractivity contribution in [1.29, 1.82) is 0 Å². The van der Waals surface area contributed by atoms with Gasteiger partial charge in [0.25, 0.3) is 0 Å². The van der Waals surface area contributed by atoms with Crippen LogP contribution in [-0.2, 0) is 19.6 Å². The van der Waals surface area contributed by atoms with Crippen molar-refractivity contribution in [2.75, 3.05) is 13.1 Å². The molecule has 1 aliphatic heterocycles. The highest BCUT2D eigenvalue weighted by atomic mass is 79.9. The maximum atomic E-state index is 12.6. The van der Waals surface area contributed by atoms with Crippen LogP contribution in [0.3, 0.4) is 0 Å². The molecule has 0 aliphatic carbocycles. The Labute approximate surface area is 134 Å². The summed E-state index contributed by atoms with van der Waals surface area (Å²) in [5.74, 6) is -1.91. The Morgan fingerprint density at radius 3 is 2.71 bits per heavy atom. The number of halogens is 2. The molecular formula is C11H10BrClN2O5S. The lowest BCUT2D eigenvalue weighted by molar-refractivity contribution is -0.143. The van der Waals surface area contributed by atoms with E-state index in [-0.39, 0.29) is 16.5 Å². The van der Waals surface area contributed by atoms with Gasteiger partial charge in [0.15, 0.2) is 0 Å². The number of nitrogens with zero attached hydrogens (tertiary/aromatic N) is 1. The lowest BCUT2D eigenvalue weighted by atomic mass is 10.2. The molecule has 0 aromatic heterocycles. The van der Waals surface area contributed by atoms with E-state index in [4.69, 9.17) is 16.7 Å². The van der Waals surface area contributed by atoms with Gasteiger partial charge >= 0.3 is 5.97 Å². The molecule has 1 amide bonds. The summed E-state index contributed by atoms with van der Waals surface area (Å²) in [6.07, 6.45) is 0. The molecule has 1 saturated heterocycles. The van der Waals surface area contributed by atoms with Crippen LogP contribution in [0.2, 0.25) is 5.02 Å². The Kier molecular flexibility index (Phi) is 4.57. The van der Waals surface area contributed by atoms with E-state index < -0.39 is 34.5 Å². The summed E-state index contributed by atoms with van der Waals surface area (Å²) in [6, 6.07) is 2.74. The van der Waals surface area contributed by atoms with Gasteiger partial charge in [0.05, 0.1) is 11.6 Å². The lowest BCUT2D eigenvalue weighted by Crippen LogP contribution is -2.59. The number of piperazine rings is 1. The predicted molar refractivity (Wildman–Crippen MR) is 77.5 cm³/mol. The van der Waals surface area contributed by atoms with Crippen molar-refractivity contribution in [3.63, 3.8) is 0 Å². The molecule has 0 radical (unpaired) electrons. The van der Waals surface area contributed by atoms with Gasteiger partial charge in [0.1, 0.15) is 10.9 Å². The molecule has 114 valence electrons. The van der Waals surface area contributed by atoms with Crippen LogP contribution in [0.1, 0.15) is 0 Å². The second-order valence-corrected chi connectivity index (χ2v) is 7.46. The smallest absolute Gasteiger partial charge is 0.323 e. The van der Waals surface area contributed by atoms with Gasteiger partial charge in [-0.1, -0.05) is 27.5 Å². The van der Waals surface area contributed by atoms with Gasteiger partial charge in [-0.2, -0.15) is 4.31 Å². The number of carboxylic acid groups (broad SMARTS) is 1. The van der Waals surface area contributed by atoms with E-state index in [1.807, 2.05) is 0 Å². The second kappa shape index (κ2) is 5.91. The summed E-state index contributed by atoms with van der Waals surface area (Å²) in [5, 5.41) is 11.4. The van der Waals surface area contributed by atoms with Gasteiger partial charge in [0.2, 0.25) is 15.9 Å². The average molecular weight is 398 g/mol. The first kappa shape index (κ1) is 16.2. The Morgan fingerprint density at radius 2 is 2.14 bits per heavy atom. The molecule has 1 aromatic carbocycles. The van der Waals surface area contributed by atoms with Crippen LogP contribution < -0.4 is 5.32 Å². The molecule has 1 aliphatic rings. The van der Waals surface area contributed by atoms with Gasteiger partial charge in [-0.05, 0) is 18.2 Å². The highest BCUT2D eigenvalue weighted by Gasteiger charge is 2.41. The number of hydrogen-bond donors (Lipinski definition) is 2. The molecule has 10 heteroatoms. The topological polar surface area (TPSA) is 104 Å². The van der Waals surface area contributed by atoms with Crippen molar-refractivity contribution < 1.29 is 23.1 Å². The van der Waals surface area contributed by atoms with Gasteiger partial charge in [0, 0.05) is 11.0 Å². The summed E-state index contributed by atoms with van der Waals surface area (Å²) in [4.78, 5) is 22.4. The average Bonchev–Trinajstić information content (AvgIpc) is 2.37. The van der Waals surface area contributed by atoms with Crippen molar-refractivity contribution in [3.05, 3.63) is 27.7 Å². The molecule has 0 saturated carbocycles. The normalized spacial score (nSPS) is 20.1. The summed E-state index contributed by atoms with van der Waals surface area (Å²) in [5.41, 5.74) is 0. The molecule has 1 fully saturated rings. The van der Waals surface area contributed by atoms with Crippen LogP contribution in [-0.4, -0.2) is 48.8 Å². The minimum atomic E-state index is -4.20. The Morgan fingerprint density at radius 1 is 1.48 bits per heavy atom. The maximum Gasteiger partial charge on any atom is 0.323 e. The van der Waals surface area contributed by atoms with Crippen molar-refractivity contribution in [2.45, 2.75) is 10.9 Å². The zero-order valence-corrected chi connectivity index (χ0v) is 13.6. The molecule has 1 heterocycles. The molecule has 7 nitrogen and oxygen atoms in total. The number of carboxylic acids is 1. The number of hydrogen-bond acceptors (Lipinski definition) is 4. The van der Waals surface area contributed by atoms with Gasteiger partial charge in [-0.15, -0.1) is 0 Å². The maximum absolute atomic E-state index is 12.6. The summed E-state index contributed by atoms with van der Waals surface area (Å²) in [6.45, 7) is -0.854. The minimum Gasteiger partial charge on any atom is -0.480 e. The number of rotatable bonds is 3. The summed E-state index contributed by atoms with van der Waals surface area (Å²) >= 11 is 9.07. The zero-order chi connectivity index (χ0) is 15.8. The van der Waals surface area contributed by atoms with Crippen molar-refractivity contribution >= 4 is 49.4 Å². The van der Waals surface area contributed by atoms with E-state index in [2.05, 4.69) is 21.2 Å². The fraction of sp³-hybridized carbons (Fsp3) is 0.273. The lowest BCUT2D eigenvalue weighted by Gasteiger charge is -2.31. The number of nitrogens with one attached hydrogen (secondary N) is 1. The molecule has 1 aromatic rings. The standard InChI is InChI=1S/C11H10BrClN2O5S/c12-6-1-2-9(7(13)3-6)21(19,20)15-5-10(16)14-4-8(15)11(17)18/h1-3,8H,4-5H2,(H,14,16)(H,17,18). The molecule has 0 spiro atoms. The van der Waals surface area contributed by atoms with Crippen LogP contribution in [0.4, 0.5) is 0 Å². The van der Waals surface area contributed by atoms with Crippen molar-refractivity contribution in [3.8, 4) is 0 Å². The van der Waals surface area contributed by atoms with Crippen LogP contribution in [0.25, 0.3) is 0 Å². The number of benzene rings is 1. The zero-order valence-electron chi connectivity index (χ0n) is 10.4. The predicted octanol–water partition coefficient (Wildman–Crippen LogP) is 0.676. The van der Waals surface area contributed by atoms with E-state index in [9.17, 15) is 18.0 Å². The van der Waals surface area contributed by atoms with E-state index >= 15 is 0 Å². The van der Waals surface area contributed by atoms with E-state index in [0.29, 0.717) is 8.78 Å². The number of sulfonamides is 1. The molecule has 2 rings (SSSR count). The monoisotopic (exact) mass is 396 g/mol. The Hall–Kier alpha value is -1.16. The Balaban J connectivity index is 2.49. The molecule has 1 atom stereocenters.